The molecule has 2 unspecified atom stereocenters. The number of nitrogens with two attached hydrogens (primary N) is 1. The molecule has 0 aliphatic carbocycles. The second-order valence-electron chi connectivity index (χ2n) is 3.75. The van der Waals surface area contributed by atoms with Crippen molar-refractivity contribution >= 4 is 23.0 Å². The number of nitrogens with zero attached hydrogens (tertiary/aromatic N) is 1. The Morgan fingerprint density at radius 3 is 2.67 bits per heavy atom. The molecular weight excluding hydrogens is 262 g/mol. The highest BCUT2D eigenvalue weighted by Gasteiger charge is 2.25. The number of hydrogen-bond donors (Lipinski definition) is 4. The summed E-state index contributed by atoms with van der Waals surface area (Å²) < 4.78 is 0. The first-order valence-corrected chi connectivity index (χ1v) is 5.50. The van der Waals surface area contributed by atoms with Crippen molar-refractivity contribution in [2.45, 2.75) is 12.2 Å². The lowest BCUT2D eigenvalue weighted by Gasteiger charge is -2.19. The van der Waals surface area contributed by atoms with E-state index >= 15 is 0 Å². The van der Waals surface area contributed by atoms with Gasteiger partial charge >= 0.3 is 0 Å². The first-order chi connectivity index (χ1) is 8.38. The molecule has 0 amide bonds. The van der Waals surface area contributed by atoms with Crippen molar-refractivity contribution < 1.29 is 15.1 Å². The second kappa shape index (κ2) is 5.96. The Balaban J connectivity index is 3.19. The molecule has 8 heteroatoms. The highest BCUT2D eigenvalue weighted by Crippen LogP contribution is 2.34. The number of benzene rings is 1. The standard InChI is InChI=1S/C10H14ClN3O4/c1-13-4-8(15)10(16)6-2-5(11)3-7(9(6)12)14(17)18/h2-3,8,10,13,15-16H,4,12H2,1H3. The van der Waals surface area contributed by atoms with Gasteiger partial charge in [-0.2, -0.15) is 0 Å². The molecule has 0 fully saturated rings. The topological polar surface area (TPSA) is 122 Å². The molecule has 18 heavy (non-hydrogen) atoms. The fourth-order valence-electron chi connectivity index (χ4n) is 1.55. The third kappa shape index (κ3) is 3.08. The molecule has 7 nitrogen and oxygen atoms in total. The summed E-state index contributed by atoms with van der Waals surface area (Å²) in [5.74, 6) is 0. The lowest BCUT2D eigenvalue weighted by atomic mass is 10.0. The monoisotopic (exact) mass is 275 g/mol. The minimum atomic E-state index is -1.35. The lowest BCUT2D eigenvalue weighted by molar-refractivity contribution is -0.384. The number of nitrogens with one attached hydrogen (secondary N) is 1. The summed E-state index contributed by atoms with van der Waals surface area (Å²) in [7, 11) is 1.60. The Bertz CT molecular complexity index is 455. The molecule has 2 atom stereocenters. The quantitative estimate of drug-likeness (QED) is 0.351. The van der Waals surface area contributed by atoms with Crippen LogP contribution in [0.2, 0.25) is 5.02 Å². The summed E-state index contributed by atoms with van der Waals surface area (Å²) >= 11 is 5.72. The summed E-state index contributed by atoms with van der Waals surface area (Å²) in [6, 6.07) is 2.39. The van der Waals surface area contributed by atoms with Crippen molar-refractivity contribution in [1.82, 2.24) is 5.32 Å². The van der Waals surface area contributed by atoms with E-state index in [4.69, 9.17) is 17.3 Å². The van der Waals surface area contributed by atoms with Crippen LogP contribution in [0.15, 0.2) is 12.1 Å². The highest BCUT2D eigenvalue weighted by molar-refractivity contribution is 6.31. The van der Waals surface area contributed by atoms with Gasteiger partial charge in [0.1, 0.15) is 11.8 Å². The van der Waals surface area contributed by atoms with Gasteiger partial charge in [-0.3, -0.25) is 10.1 Å². The van der Waals surface area contributed by atoms with Crippen molar-refractivity contribution in [2.24, 2.45) is 0 Å². The lowest BCUT2D eigenvalue weighted by Crippen LogP contribution is -2.30. The summed E-state index contributed by atoms with van der Waals surface area (Å²) in [6.07, 6.45) is -2.50. The molecule has 5 N–H and O–H groups in total. The fraction of sp³-hybridized carbons (Fsp3) is 0.400. The number of nitro benzene ring substituents is 1. The SMILES string of the molecule is CNCC(O)C(O)c1cc(Cl)cc([N+](=O)[O-])c1N. The molecule has 0 aliphatic heterocycles. The average Bonchev–Trinajstić information content (AvgIpc) is 2.30. The van der Waals surface area contributed by atoms with Gasteiger partial charge in [0.2, 0.25) is 0 Å². The molecule has 0 spiro atoms. The third-order valence-corrected chi connectivity index (χ3v) is 2.67. The van der Waals surface area contributed by atoms with Gasteiger partial charge in [-0.1, -0.05) is 11.6 Å². The van der Waals surface area contributed by atoms with Crippen LogP contribution < -0.4 is 11.1 Å². The molecule has 0 heterocycles. The zero-order valence-electron chi connectivity index (χ0n) is 9.63. The van der Waals surface area contributed by atoms with Crippen molar-refractivity contribution in [3.05, 3.63) is 32.8 Å². The molecule has 0 aliphatic rings. The van der Waals surface area contributed by atoms with E-state index in [1.54, 1.807) is 7.05 Å². The van der Waals surface area contributed by atoms with Crippen LogP contribution in [0.3, 0.4) is 0 Å². The Kier molecular flexibility index (Phi) is 4.85. The van der Waals surface area contributed by atoms with Crippen LogP contribution in [0, 0.1) is 10.1 Å². The smallest absolute Gasteiger partial charge is 0.293 e. The summed E-state index contributed by atoms with van der Waals surface area (Å²) in [6.45, 7) is 0.112. The number of aliphatic hydroxyl groups is 2. The van der Waals surface area contributed by atoms with Gasteiger partial charge in [0, 0.05) is 23.2 Å². The van der Waals surface area contributed by atoms with Crippen LogP contribution in [0.5, 0.6) is 0 Å². The van der Waals surface area contributed by atoms with E-state index in [2.05, 4.69) is 5.32 Å². The Morgan fingerprint density at radius 2 is 2.17 bits per heavy atom. The Labute approximate surface area is 108 Å². The van der Waals surface area contributed by atoms with Crippen LogP contribution in [-0.4, -0.2) is 34.8 Å². The Morgan fingerprint density at radius 1 is 1.56 bits per heavy atom. The molecule has 0 saturated heterocycles. The van der Waals surface area contributed by atoms with Gasteiger partial charge in [-0.25, -0.2) is 0 Å². The van der Waals surface area contributed by atoms with Gasteiger partial charge in [-0.15, -0.1) is 0 Å². The number of nitro groups is 1. The van der Waals surface area contributed by atoms with E-state index in [1.807, 2.05) is 0 Å². The molecule has 1 aromatic carbocycles. The van der Waals surface area contributed by atoms with Crippen LogP contribution in [0.4, 0.5) is 11.4 Å². The molecule has 1 rings (SSSR count). The van der Waals surface area contributed by atoms with E-state index in [0.717, 1.165) is 6.07 Å². The molecular formula is C10H14ClN3O4. The van der Waals surface area contributed by atoms with Gasteiger partial charge in [0.25, 0.3) is 5.69 Å². The number of rotatable bonds is 5. The number of aliphatic hydroxyl groups excluding tert-OH is 2. The zero-order chi connectivity index (χ0) is 13.9. The maximum Gasteiger partial charge on any atom is 0.293 e. The fourth-order valence-corrected chi connectivity index (χ4v) is 1.77. The van der Waals surface area contributed by atoms with Crippen molar-refractivity contribution in [1.29, 1.82) is 0 Å². The molecule has 0 radical (unpaired) electrons. The zero-order valence-corrected chi connectivity index (χ0v) is 10.4. The molecule has 0 saturated carbocycles. The number of anilines is 1. The van der Waals surface area contributed by atoms with E-state index in [1.165, 1.54) is 6.07 Å². The molecule has 1 aromatic rings. The second-order valence-corrected chi connectivity index (χ2v) is 4.19. The van der Waals surface area contributed by atoms with Gasteiger partial charge in [0.05, 0.1) is 11.0 Å². The van der Waals surface area contributed by atoms with E-state index in [9.17, 15) is 20.3 Å². The van der Waals surface area contributed by atoms with Gasteiger partial charge < -0.3 is 21.3 Å². The average molecular weight is 276 g/mol. The number of likely N-dealkylation sites (N-methyl/N-ethyl adjacent to an activating group) is 1. The number of nitrogen functional groups attached to an aromatic ring is 1. The first kappa shape index (κ1) is 14.7. The summed E-state index contributed by atoms with van der Waals surface area (Å²) in [5, 5.41) is 33.0. The van der Waals surface area contributed by atoms with Crippen LogP contribution >= 0.6 is 11.6 Å². The van der Waals surface area contributed by atoms with Crippen molar-refractivity contribution in [2.75, 3.05) is 19.3 Å². The third-order valence-electron chi connectivity index (χ3n) is 2.45. The predicted octanol–water partition coefficient (Wildman–Crippen LogP) is 0.444. The summed E-state index contributed by atoms with van der Waals surface area (Å²) in [5.41, 5.74) is 5.04. The minimum Gasteiger partial charge on any atom is -0.393 e. The summed E-state index contributed by atoms with van der Waals surface area (Å²) in [4.78, 5) is 10.1. The van der Waals surface area contributed by atoms with Crippen LogP contribution in [0.1, 0.15) is 11.7 Å². The normalized spacial score (nSPS) is 14.2. The largest absolute Gasteiger partial charge is 0.393 e. The van der Waals surface area contributed by atoms with Gasteiger partial charge in [-0.05, 0) is 13.1 Å². The Hall–Kier alpha value is -1.41. The molecule has 100 valence electrons. The first-order valence-electron chi connectivity index (χ1n) is 5.12. The van der Waals surface area contributed by atoms with Crippen molar-refractivity contribution in [3.8, 4) is 0 Å². The highest BCUT2D eigenvalue weighted by atomic mass is 35.5. The van der Waals surface area contributed by atoms with E-state index < -0.39 is 22.8 Å². The van der Waals surface area contributed by atoms with Crippen molar-refractivity contribution in [3.63, 3.8) is 0 Å². The van der Waals surface area contributed by atoms with E-state index in [-0.39, 0.29) is 22.8 Å². The number of hydrogen-bond acceptors (Lipinski definition) is 6. The maximum absolute atomic E-state index is 10.8. The molecule has 0 aromatic heterocycles. The maximum atomic E-state index is 10.8. The van der Waals surface area contributed by atoms with E-state index in [0.29, 0.717) is 0 Å². The van der Waals surface area contributed by atoms with Crippen LogP contribution in [-0.2, 0) is 0 Å². The minimum absolute atomic E-state index is 0.0388. The predicted molar refractivity (Wildman–Crippen MR) is 67.4 cm³/mol. The molecule has 0 bridgehead atoms. The van der Waals surface area contributed by atoms with Gasteiger partial charge in [0.15, 0.2) is 0 Å². The number of halogens is 1. The van der Waals surface area contributed by atoms with Crippen LogP contribution in [0.25, 0.3) is 0 Å².